The molecular weight excluding hydrogens is 259 g/mol. The normalized spacial score (nSPS) is 10.1. The number of carboxylic acid groups (broad SMARTS) is 1. The van der Waals surface area contributed by atoms with Crippen LogP contribution in [-0.4, -0.2) is 11.1 Å². The molecule has 0 fully saturated rings. The van der Waals surface area contributed by atoms with Crippen molar-refractivity contribution in [1.29, 1.82) is 0 Å². The average molecular weight is 267 g/mol. The van der Waals surface area contributed by atoms with Crippen molar-refractivity contribution in [3.05, 3.63) is 58.9 Å². The lowest BCUT2D eigenvalue weighted by Gasteiger charge is -2.08. The zero-order chi connectivity index (χ0) is 13.1. The fourth-order valence-electron chi connectivity index (χ4n) is 1.41. The molecule has 5 heteroatoms. The Morgan fingerprint density at radius 3 is 2.67 bits per heavy atom. The molecule has 0 atom stereocenters. The van der Waals surface area contributed by atoms with Gasteiger partial charge in [0, 0.05) is 11.1 Å². The van der Waals surface area contributed by atoms with Crippen LogP contribution in [-0.2, 0) is 0 Å². The molecule has 3 nitrogen and oxygen atoms in total. The maximum atomic E-state index is 13.1. The number of carbonyl (C=O) groups is 1. The highest BCUT2D eigenvalue weighted by atomic mass is 35.5. The zero-order valence-corrected chi connectivity index (χ0v) is 9.82. The Hall–Kier alpha value is -2.07. The Morgan fingerprint density at radius 1 is 1.22 bits per heavy atom. The molecule has 0 spiro atoms. The van der Waals surface area contributed by atoms with Gasteiger partial charge in [0.25, 0.3) is 0 Å². The number of halogens is 2. The first kappa shape index (κ1) is 12.4. The first-order valence-electron chi connectivity index (χ1n) is 5.02. The first-order valence-corrected chi connectivity index (χ1v) is 5.40. The van der Waals surface area contributed by atoms with E-state index in [2.05, 4.69) is 0 Å². The van der Waals surface area contributed by atoms with E-state index >= 15 is 0 Å². The standard InChI is InChI=1S/C13H8ClFO3/c14-8-2-1-3-10(6-8)18-12-7-9(15)4-5-11(12)13(16)17/h1-7H,(H,16,17). The molecule has 0 unspecified atom stereocenters. The van der Waals surface area contributed by atoms with E-state index in [1.165, 1.54) is 6.07 Å². The SMILES string of the molecule is O=C(O)c1ccc(F)cc1Oc1cccc(Cl)c1. The number of hydrogen-bond donors (Lipinski definition) is 1. The quantitative estimate of drug-likeness (QED) is 0.914. The molecule has 0 saturated carbocycles. The highest BCUT2D eigenvalue weighted by molar-refractivity contribution is 6.30. The predicted octanol–water partition coefficient (Wildman–Crippen LogP) is 3.97. The van der Waals surface area contributed by atoms with E-state index in [1.807, 2.05) is 0 Å². The molecule has 0 radical (unpaired) electrons. The van der Waals surface area contributed by atoms with Gasteiger partial charge < -0.3 is 9.84 Å². The summed E-state index contributed by atoms with van der Waals surface area (Å²) >= 11 is 5.77. The third kappa shape index (κ3) is 2.78. The molecule has 92 valence electrons. The van der Waals surface area contributed by atoms with Gasteiger partial charge in [-0.2, -0.15) is 0 Å². The summed E-state index contributed by atoms with van der Waals surface area (Å²) in [6.07, 6.45) is 0. The highest BCUT2D eigenvalue weighted by Crippen LogP contribution is 2.27. The van der Waals surface area contributed by atoms with Crippen LogP contribution in [0.25, 0.3) is 0 Å². The van der Waals surface area contributed by atoms with Crippen LogP contribution in [0.5, 0.6) is 11.5 Å². The van der Waals surface area contributed by atoms with Crippen molar-refractivity contribution in [3.8, 4) is 11.5 Å². The Bertz CT molecular complexity index is 599. The lowest BCUT2D eigenvalue weighted by Crippen LogP contribution is -2.00. The van der Waals surface area contributed by atoms with Crippen LogP contribution in [0, 0.1) is 5.82 Å². The fraction of sp³-hybridized carbons (Fsp3) is 0. The topological polar surface area (TPSA) is 46.5 Å². The van der Waals surface area contributed by atoms with Crippen molar-refractivity contribution in [2.75, 3.05) is 0 Å². The van der Waals surface area contributed by atoms with Gasteiger partial charge in [-0.15, -0.1) is 0 Å². The maximum absolute atomic E-state index is 13.1. The Balaban J connectivity index is 2.39. The van der Waals surface area contributed by atoms with Crippen molar-refractivity contribution in [2.24, 2.45) is 0 Å². The summed E-state index contributed by atoms with van der Waals surface area (Å²) in [5.41, 5.74) is -0.114. The molecule has 2 aromatic carbocycles. The first-order chi connectivity index (χ1) is 8.56. The lowest BCUT2D eigenvalue weighted by atomic mass is 10.2. The maximum Gasteiger partial charge on any atom is 0.339 e. The minimum Gasteiger partial charge on any atom is -0.478 e. The van der Waals surface area contributed by atoms with E-state index in [1.54, 1.807) is 18.2 Å². The Kier molecular flexibility index (Phi) is 3.48. The van der Waals surface area contributed by atoms with Gasteiger partial charge in [-0.3, -0.25) is 0 Å². The molecule has 0 heterocycles. The van der Waals surface area contributed by atoms with Crippen LogP contribution in [0.4, 0.5) is 4.39 Å². The molecule has 0 bridgehead atoms. The molecule has 18 heavy (non-hydrogen) atoms. The number of hydrogen-bond acceptors (Lipinski definition) is 2. The number of rotatable bonds is 3. The van der Waals surface area contributed by atoms with Gasteiger partial charge in [0.1, 0.15) is 22.9 Å². The van der Waals surface area contributed by atoms with Crippen molar-refractivity contribution in [3.63, 3.8) is 0 Å². The summed E-state index contributed by atoms with van der Waals surface area (Å²) in [6, 6.07) is 9.65. The van der Waals surface area contributed by atoms with Crippen LogP contribution < -0.4 is 4.74 Å². The molecule has 0 aliphatic carbocycles. The Morgan fingerprint density at radius 2 is 2.00 bits per heavy atom. The van der Waals surface area contributed by atoms with Crippen LogP contribution in [0.2, 0.25) is 5.02 Å². The third-order valence-corrected chi connectivity index (χ3v) is 2.43. The van der Waals surface area contributed by atoms with Crippen molar-refractivity contribution in [1.82, 2.24) is 0 Å². The molecule has 2 rings (SSSR count). The van der Waals surface area contributed by atoms with Gasteiger partial charge in [-0.25, -0.2) is 9.18 Å². The molecule has 1 N–H and O–H groups in total. The van der Waals surface area contributed by atoms with Crippen molar-refractivity contribution in [2.45, 2.75) is 0 Å². The lowest BCUT2D eigenvalue weighted by molar-refractivity contribution is 0.0694. The molecule has 0 aliphatic rings. The third-order valence-electron chi connectivity index (χ3n) is 2.20. The number of ether oxygens (including phenoxy) is 1. The van der Waals surface area contributed by atoms with Crippen LogP contribution >= 0.6 is 11.6 Å². The van der Waals surface area contributed by atoms with Crippen LogP contribution in [0.1, 0.15) is 10.4 Å². The summed E-state index contributed by atoms with van der Waals surface area (Å²) in [5, 5.41) is 9.41. The van der Waals surface area contributed by atoms with Crippen LogP contribution in [0.3, 0.4) is 0 Å². The second-order valence-corrected chi connectivity index (χ2v) is 3.94. The van der Waals surface area contributed by atoms with E-state index < -0.39 is 11.8 Å². The molecule has 0 aliphatic heterocycles. The Labute approximate surface area is 107 Å². The number of benzene rings is 2. The van der Waals surface area contributed by atoms with E-state index in [0.717, 1.165) is 18.2 Å². The van der Waals surface area contributed by atoms with Gasteiger partial charge in [0.2, 0.25) is 0 Å². The second kappa shape index (κ2) is 5.06. The summed E-state index contributed by atoms with van der Waals surface area (Å²) in [7, 11) is 0. The average Bonchev–Trinajstić information content (AvgIpc) is 2.28. The van der Waals surface area contributed by atoms with Gasteiger partial charge in [-0.05, 0) is 30.3 Å². The summed E-state index contributed by atoms with van der Waals surface area (Å²) in [5.74, 6) is -1.48. The predicted molar refractivity (Wildman–Crippen MR) is 64.9 cm³/mol. The fourth-order valence-corrected chi connectivity index (χ4v) is 1.60. The molecule has 0 amide bonds. The number of aromatic carboxylic acids is 1. The minimum atomic E-state index is -1.19. The summed E-state index contributed by atoms with van der Waals surface area (Å²) in [6.45, 7) is 0. The van der Waals surface area contributed by atoms with Gasteiger partial charge in [0.05, 0.1) is 0 Å². The molecule has 0 aromatic heterocycles. The molecule has 2 aromatic rings. The van der Waals surface area contributed by atoms with Crippen molar-refractivity contribution >= 4 is 17.6 Å². The smallest absolute Gasteiger partial charge is 0.339 e. The molecular formula is C13H8ClFO3. The zero-order valence-electron chi connectivity index (χ0n) is 9.06. The largest absolute Gasteiger partial charge is 0.478 e. The van der Waals surface area contributed by atoms with Gasteiger partial charge in [-0.1, -0.05) is 17.7 Å². The molecule has 0 saturated heterocycles. The van der Waals surface area contributed by atoms with Crippen LogP contribution in [0.15, 0.2) is 42.5 Å². The van der Waals surface area contributed by atoms with E-state index in [4.69, 9.17) is 21.4 Å². The van der Waals surface area contributed by atoms with E-state index in [-0.39, 0.29) is 11.3 Å². The minimum absolute atomic E-state index is 0.0650. The van der Waals surface area contributed by atoms with Gasteiger partial charge in [0.15, 0.2) is 0 Å². The number of carboxylic acids is 1. The summed E-state index contributed by atoms with van der Waals surface area (Å²) < 4.78 is 18.4. The second-order valence-electron chi connectivity index (χ2n) is 3.51. The van der Waals surface area contributed by atoms with E-state index in [9.17, 15) is 9.18 Å². The van der Waals surface area contributed by atoms with Crippen molar-refractivity contribution < 1.29 is 19.0 Å². The van der Waals surface area contributed by atoms with E-state index in [0.29, 0.717) is 10.8 Å². The summed E-state index contributed by atoms with van der Waals surface area (Å²) in [4.78, 5) is 11.0. The van der Waals surface area contributed by atoms with Gasteiger partial charge >= 0.3 is 5.97 Å². The highest BCUT2D eigenvalue weighted by Gasteiger charge is 2.13. The monoisotopic (exact) mass is 266 g/mol.